The van der Waals surface area contributed by atoms with E-state index in [4.69, 9.17) is 21.1 Å². The van der Waals surface area contributed by atoms with E-state index in [1.807, 2.05) is 6.92 Å². The van der Waals surface area contributed by atoms with Gasteiger partial charge in [-0.15, -0.1) is 0 Å². The number of carbonyl (C=O) groups excluding carboxylic acids is 1. The largest absolute Gasteiger partial charge is 0.488 e. The van der Waals surface area contributed by atoms with Gasteiger partial charge < -0.3 is 25.1 Å². The van der Waals surface area contributed by atoms with Gasteiger partial charge in [-0.25, -0.2) is 15.6 Å². The maximum atomic E-state index is 13.7. The fourth-order valence-electron chi connectivity index (χ4n) is 3.50. The van der Waals surface area contributed by atoms with Gasteiger partial charge in [-0.3, -0.25) is 0 Å². The highest BCUT2D eigenvalue weighted by Crippen LogP contribution is 2.37. The second-order valence-electron chi connectivity index (χ2n) is 8.22. The minimum atomic E-state index is -4.73. The van der Waals surface area contributed by atoms with E-state index in [0.29, 0.717) is 19.4 Å². The summed E-state index contributed by atoms with van der Waals surface area (Å²) in [7, 11) is 3.04. The molecule has 1 heterocycles. The number of alkyl halides is 3. The van der Waals surface area contributed by atoms with Crippen molar-refractivity contribution in [2.24, 2.45) is 11.6 Å². The van der Waals surface area contributed by atoms with Crippen molar-refractivity contribution < 1.29 is 27.4 Å². The minimum absolute atomic E-state index is 0.119. The summed E-state index contributed by atoms with van der Waals surface area (Å²) < 4.78 is 52.1. The Hall–Kier alpha value is -2.69. The van der Waals surface area contributed by atoms with Gasteiger partial charge in [0, 0.05) is 20.6 Å². The van der Waals surface area contributed by atoms with Crippen LogP contribution in [0.2, 0.25) is 0 Å². The Morgan fingerprint density at radius 2 is 1.88 bits per heavy atom. The first kappa shape index (κ1) is 26.6. The van der Waals surface area contributed by atoms with E-state index < -0.39 is 18.0 Å². The minimum Gasteiger partial charge on any atom is -0.488 e. The van der Waals surface area contributed by atoms with Crippen molar-refractivity contribution in [3.05, 3.63) is 29.2 Å². The van der Waals surface area contributed by atoms with Gasteiger partial charge in [0.05, 0.1) is 23.2 Å². The third-order valence-corrected chi connectivity index (χ3v) is 5.48. The van der Waals surface area contributed by atoms with Crippen LogP contribution in [-0.2, 0) is 10.9 Å². The summed E-state index contributed by atoms with van der Waals surface area (Å²) in [6, 6.07) is 2.58. The molecule has 0 aromatic carbocycles. The fraction of sp³-hybridized carbons (Fsp3) is 0.636. The zero-order valence-electron chi connectivity index (χ0n) is 19.5. The number of ether oxygens (including phenoxy) is 2. The van der Waals surface area contributed by atoms with Crippen molar-refractivity contribution in [2.75, 3.05) is 27.2 Å². The molecule has 4 N–H and O–H groups in total. The fourth-order valence-corrected chi connectivity index (χ4v) is 3.50. The molecule has 8 nitrogen and oxygen atoms in total. The molecule has 1 saturated carbocycles. The summed E-state index contributed by atoms with van der Waals surface area (Å²) in [6.45, 7) is 2.19. The van der Waals surface area contributed by atoms with Crippen LogP contribution in [-0.4, -0.2) is 54.3 Å². The lowest BCUT2D eigenvalue weighted by molar-refractivity contribution is -0.143. The molecule has 33 heavy (non-hydrogen) atoms. The summed E-state index contributed by atoms with van der Waals surface area (Å²) in [5.41, 5.74) is 4.82. The first-order chi connectivity index (χ1) is 15.5. The predicted octanol–water partition coefficient (Wildman–Crippen LogP) is 4.11. The van der Waals surface area contributed by atoms with Crippen LogP contribution in [0.1, 0.15) is 63.3 Å². The topological polar surface area (TPSA) is 107 Å². The molecule has 0 bridgehead atoms. The van der Waals surface area contributed by atoms with Crippen LogP contribution in [0.5, 0.6) is 5.75 Å². The predicted molar refractivity (Wildman–Crippen MR) is 119 cm³/mol. The first-order valence-corrected chi connectivity index (χ1v) is 11.1. The molecular weight excluding hydrogens is 439 g/mol. The number of nitrogens with zero attached hydrogens (tertiary/aromatic N) is 3. The van der Waals surface area contributed by atoms with Gasteiger partial charge in [-0.1, -0.05) is 19.8 Å². The van der Waals surface area contributed by atoms with Gasteiger partial charge in [0.25, 0.3) is 0 Å². The Labute approximate surface area is 192 Å². The van der Waals surface area contributed by atoms with Gasteiger partial charge in [0.15, 0.2) is 11.4 Å². The third kappa shape index (κ3) is 7.69. The van der Waals surface area contributed by atoms with E-state index in [1.54, 1.807) is 7.05 Å². The van der Waals surface area contributed by atoms with Gasteiger partial charge in [0.1, 0.15) is 6.61 Å². The van der Waals surface area contributed by atoms with Crippen LogP contribution < -0.4 is 16.3 Å². The molecule has 0 radical (unpaired) electrons. The number of nitrogens with two attached hydrogens (primary N) is 2. The number of unbranched alkanes of at least 4 members (excludes halogenated alkanes) is 1. The molecule has 1 fully saturated rings. The van der Waals surface area contributed by atoms with E-state index in [2.05, 4.69) is 4.98 Å². The molecule has 11 heteroatoms. The molecule has 0 atom stereocenters. The molecule has 0 aliphatic heterocycles. The molecule has 1 aliphatic rings. The maximum Gasteiger partial charge on any atom is 0.437 e. The van der Waals surface area contributed by atoms with E-state index in [1.165, 1.54) is 24.1 Å². The second-order valence-corrected chi connectivity index (χ2v) is 8.22. The first-order valence-electron chi connectivity index (χ1n) is 11.1. The summed E-state index contributed by atoms with van der Waals surface area (Å²) in [6.07, 6.45) is 0.454. The molecule has 0 saturated heterocycles. The number of pyridine rings is 1. The molecule has 1 aliphatic carbocycles. The summed E-state index contributed by atoms with van der Waals surface area (Å²) >= 11 is 0. The van der Waals surface area contributed by atoms with Crippen LogP contribution in [0, 0.1) is 0 Å². The van der Waals surface area contributed by atoms with E-state index >= 15 is 0 Å². The van der Waals surface area contributed by atoms with Crippen LogP contribution in [0.3, 0.4) is 0 Å². The van der Waals surface area contributed by atoms with Crippen molar-refractivity contribution in [1.29, 1.82) is 0 Å². The number of amides is 1. The average Bonchev–Trinajstić information content (AvgIpc) is 2.77. The van der Waals surface area contributed by atoms with Crippen LogP contribution in [0.25, 0.3) is 5.70 Å². The summed E-state index contributed by atoms with van der Waals surface area (Å²) in [5.74, 6) is 5.49. The second kappa shape index (κ2) is 12.0. The van der Waals surface area contributed by atoms with Crippen molar-refractivity contribution in [1.82, 2.24) is 14.9 Å². The number of carbonyl (C=O) groups is 1. The van der Waals surface area contributed by atoms with E-state index in [-0.39, 0.29) is 35.5 Å². The molecule has 0 unspecified atom stereocenters. The third-order valence-electron chi connectivity index (χ3n) is 5.48. The Bertz CT molecular complexity index is 824. The van der Waals surface area contributed by atoms with Crippen molar-refractivity contribution >= 4 is 11.8 Å². The van der Waals surface area contributed by atoms with Crippen LogP contribution in [0.4, 0.5) is 18.0 Å². The van der Waals surface area contributed by atoms with E-state index in [9.17, 15) is 18.0 Å². The number of aromatic nitrogens is 1. The van der Waals surface area contributed by atoms with Gasteiger partial charge in [-0.2, -0.15) is 13.2 Å². The monoisotopic (exact) mass is 473 g/mol. The molecule has 1 aromatic rings. The Morgan fingerprint density at radius 3 is 2.45 bits per heavy atom. The van der Waals surface area contributed by atoms with Crippen LogP contribution in [0.15, 0.2) is 17.8 Å². The Morgan fingerprint density at radius 1 is 1.21 bits per heavy atom. The lowest BCUT2D eigenvalue weighted by Crippen LogP contribution is -2.34. The highest BCUT2D eigenvalue weighted by Gasteiger charge is 2.38. The number of hydrogen-bond donors (Lipinski definition) is 2. The number of likely N-dealkylation sites (N-methyl/N-ethyl adjacent to an activating group) is 1. The molecule has 186 valence electrons. The number of halogens is 3. The molecule has 1 amide bonds. The van der Waals surface area contributed by atoms with Crippen LogP contribution >= 0.6 is 0 Å². The lowest BCUT2D eigenvalue weighted by Gasteiger charge is -2.25. The smallest absolute Gasteiger partial charge is 0.437 e. The van der Waals surface area contributed by atoms with Crippen molar-refractivity contribution in [2.45, 2.75) is 64.1 Å². The zero-order chi connectivity index (χ0) is 24.6. The Balaban J connectivity index is 2.27. The molecule has 2 rings (SSSR count). The number of hydrogen-bond acceptors (Lipinski definition) is 7. The SMILES string of the molecule is CCCCN(C)C(=O)OC/C(=C(/N)c1ccc(OC2CCCCC2)c(C(F)(F)F)n1)N(C)N. The van der Waals surface area contributed by atoms with Crippen molar-refractivity contribution in [3.8, 4) is 5.75 Å². The normalized spacial score (nSPS) is 15.6. The average molecular weight is 474 g/mol. The lowest BCUT2D eigenvalue weighted by atomic mass is 9.98. The molecule has 0 spiro atoms. The van der Waals surface area contributed by atoms with Crippen molar-refractivity contribution in [3.63, 3.8) is 0 Å². The highest BCUT2D eigenvalue weighted by molar-refractivity contribution is 5.68. The van der Waals surface area contributed by atoms with Gasteiger partial charge >= 0.3 is 12.3 Å². The number of rotatable bonds is 9. The summed E-state index contributed by atoms with van der Waals surface area (Å²) in [5, 5.41) is 1.09. The van der Waals surface area contributed by atoms with Gasteiger partial charge in [0.2, 0.25) is 0 Å². The Kier molecular flexibility index (Phi) is 9.63. The quantitative estimate of drug-likeness (QED) is 0.410. The van der Waals surface area contributed by atoms with E-state index in [0.717, 1.165) is 37.1 Å². The molecular formula is C22H34F3N5O3. The van der Waals surface area contributed by atoms with Gasteiger partial charge in [-0.05, 0) is 44.2 Å². The standard InChI is InChI=1S/C22H34F3N5O3/c1-4-5-13-29(2)21(31)32-14-17(30(3)27)19(26)16-11-12-18(20(28-16)22(23,24)25)33-15-9-7-6-8-10-15/h11-12,15H,4-10,13-14,26-27H2,1-3H3/b19-17-. The summed E-state index contributed by atoms with van der Waals surface area (Å²) in [4.78, 5) is 17.3. The zero-order valence-corrected chi connectivity index (χ0v) is 19.5. The maximum absolute atomic E-state index is 13.7. The number of hydrazine groups is 1. The molecule has 1 aromatic heterocycles. The highest BCUT2D eigenvalue weighted by atomic mass is 19.4.